The molecule has 2 heterocycles. The zero-order valence-electron chi connectivity index (χ0n) is 18.8. The molecule has 0 unspecified atom stereocenters. The van der Waals surface area contributed by atoms with Crippen LogP contribution in [0.15, 0.2) is 34.7 Å². The number of epoxide rings is 1. The van der Waals surface area contributed by atoms with E-state index in [9.17, 15) is 9.90 Å². The summed E-state index contributed by atoms with van der Waals surface area (Å²) in [6, 6.07) is 2.10. The molecule has 1 saturated heterocycles. The number of hydrogen-bond acceptors (Lipinski definition) is 4. The van der Waals surface area contributed by atoms with E-state index in [2.05, 4.69) is 46.8 Å². The van der Waals surface area contributed by atoms with Crippen molar-refractivity contribution in [2.24, 2.45) is 33.5 Å². The maximum Gasteiger partial charge on any atom is 0.170 e. The van der Waals surface area contributed by atoms with Crippen LogP contribution in [-0.4, -0.2) is 29.2 Å². The number of furan rings is 1. The Morgan fingerprint density at radius 2 is 1.90 bits per heavy atom. The van der Waals surface area contributed by atoms with Gasteiger partial charge in [0.2, 0.25) is 0 Å². The maximum absolute atomic E-state index is 13.0. The Balaban J connectivity index is 1.45. The Bertz CT molecular complexity index is 944. The average Bonchev–Trinajstić information content (AvgIpc) is 3.16. The molecule has 1 aliphatic heterocycles. The van der Waals surface area contributed by atoms with E-state index in [0.717, 1.165) is 19.3 Å². The quantitative estimate of drug-likeness (QED) is 0.529. The number of Topliss-reactive ketones (excluding diaryl/α,β-unsaturated/α-hetero) is 1. The molecule has 0 bridgehead atoms. The van der Waals surface area contributed by atoms with Crippen LogP contribution < -0.4 is 0 Å². The Kier molecular flexibility index (Phi) is 3.54. The minimum absolute atomic E-state index is 0.0240. The largest absolute Gasteiger partial charge is 0.472 e. The first kappa shape index (κ1) is 19.3. The molecular formula is C26H34O4. The van der Waals surface area contributed by atoms with Crippen LogP contribution in [0, 0.1) is 33.5 Å². The summed E-state index contributed by atoms with van der Waals surface area (Å²) in [6.45, 7) is 11.3. The summed E-state index contributed by atoms with van der Waals surface area (Å²) in [5.74, 6) is 1.14. The summed E-state index contributed by atoms with van der Waals surface area (Å²) >= 11 is 0. The predicted octanol–water partition coefficient (Wildman–Crippen LogP) is 4.88. The highest BCUT2D eigenvalue weighted by atomic mass is 16.6. The molecule has 4 fully saturated rings. The molecule has 162 valence electrons. The molecule has 0 aromatic carbocycles. The van der Waals surface area contributed by atoms with Gasteiger partial charge in [0.05, 0.1) is 24.7 Å². The molecule has 0 spiro atoms. The third-order valence-electron chi connectivity index (χ3n) is 10.7. The molecule has 3 saturated carbocycles. The third kappa shape index (κ3) is 1.95. The Labute approximate surface area is 179 Å². The van der Waals surface area contributed by atoms with Gasteiger partial charge in [-0.2, -0.15) is 0 Å². The molecule has 0 radical (unpaired) electrons. The van der Waals surface area contributed by atoms with E-state index in [1.807, 2.05) is 6.26 Å². The lowest BCUT2D eigenvalue weighted by Crippen LogP contribution is -2.67. The fraction of sp³-hybridized carbons (Fsp3) is 0.731. The van der Waals surface area contributed by atoms with Gasteiger partial charge in [-0.25, -0.2) is 0 Å². The van der Waals surface area contributed by atoms with Crippen LogP contribution in [-0.2, 0) is 9.53 Å². The van der Waals surface area contributed by atoms with Gasteiger partial charge < -0.3 is 14.3 Å². The van der Waals surface area contributed by atoms with Crippen LogP contribution >= 0.6 is 0 Å². The van der Waals surface area contributed by atoms with E-state index in [-0.39, 0.29) is 40.2 Å². The normalized spacial score (nSPS) is 53.3. The summed E-state index contributed by atoms with van der Waals surface area (Å²) in [4.78, 5) is 13.0. The summed E-state index contributed by atoms with van der Waals surface area (Å²) < 4.78 is 11.5. The van der Waals surface area contributed by atoms with Crippen LogP contribution in [0.3, 0.4) is 0 Å². The second-order valence-electron chi connectivity index (χ2n) is 12.0. The minimum Gasteiger partial charge on any atom is -0.472 e. The maximum atomic E-state index is 13.0. The monoisotopic (exact) mass is 410 g/mol. The molecule has 6 rings (SSSR count). The second-order valence-corrected chi connectivity index (χ2v) is 12.0. The molecular weight excluding hydrogens is 376 g/mol. The van der Waals surface area contributed by atoms with Gasteiger partial charge in [0.1, 0.15) is 6.10 Å². The summed E-state index contributed by atoms with van der Waals surface area (Å²) in [6.07, 6.45) is 9.32. The molecule has 4 nitrogen and oxygen atoms in total. The van der Waals surface area contributed by atoms with Gasteiger partial charge >= 0.3 is 0 Å². The van der Waals surface area contributed by atoms with Crippen molar-refractivity contribution >= 4 is 5.78 Å². The van der Waals surface area contributed by atoms with E-state index in [4.69, 9.17) is 9.15 Å². The van der Waals surface area contributed by atoms with Crippen molar-refractivity contribution in [1.29, 1.82) is 0 Å². The number of rotatable bonds is 1. The van der Waals surface area contributed by atoms with Crippen molar-refractivity contribution in [2.75, 3.05) is 0 Å². The van der Waals surface area contributed by atoms with Crippen LogP contribution in [0.25, 0.3) is 0 Å². The summed E-state index contributed by atoms with van der Waals surface area (Å²) in [7, 11) is 0. The van der Waals surface area contributed by atoms with Gasteiger partial charge in [-0.05, 0) is 60.5 Å². The van der Waals surface area contributed by atoms with Crippen molar-refractivity contribution in [3.05, 3.63) is 35.8 Å². The molecule has 0 amide bonds. The number of carbonyl (C=O) groups is 1. The van der Waals surface area contributed by atoms with Crippen molar-refractivity contribution in [2.45, 2.75) is 84.5 Å². The van der Waals surface area contributed by atoms with E-state index in [1.165, 1.54) is 11.1 Å². The second kappa shape index (κ2) is 5.50. The topological polar surface area (TPSA) is 63.0 Å². The lowest BCUT2D eigenvalue weighted by atomic mass is 9.37. The first-order valence-electron chi connectivity index (χ1n) is 11.7. The molecule has 30 heavy (non-hydrogen) atoms. The molecule has 5 aliphatic rings. The van der Waals surface area contributed by atoms with Gasteiger partial charge in [0.15, 0.2) is 5.78 Å². The lowest BCUT2D eigenvalue weighted by Gasteiger charge is -2.66. The van der Waals surface area contributed by atoms with Crippen LogP contribution in [0.2, 0.25) is 0 Å². The van der Waals surface area contributed by atoms with Crippen molar-refractivity contribution in [3.63, 3.8) is 0 Å². The number of fused-ring (bicyclic) bond motifs is 7. The van der Waals surface area contributed by atoms with Crippen molar-refractivity contribution in [3.8, 4) is 0 Å². The number of aliphatic hydroxyl groups is 1. The Morgan fingerprint density at radius 1 is 1.13 bits per heavy atom. The van der Waals surface area contributed by atoms with Crippen LogP contribution in [0.4, 0.5) is 0 Å². The van der Waals surface area contributed by atoms with E-state index < -0.39 is 11.5 Å². The highest BCUT2D eigenvalue weighted by Crippen LogP contribution is 2.75. The zero-order chi connectivity index (χ0) is 21.3. The molecule has 1 aromatic rings. The van der Waals surface area contributed by atoms with Crippen molar-refractivity contribution in [1.82, 2.24) is 0 Å². The highest BCUT2D eigenvalue weighted by molar-refractivity contribution is 5.92. The van der Waals surface area contributed by atoms with Gasteiger partial charge in [-0.1, -0.05) is 46.3 Å². The van der Waals surface area contributed by atoms with E-state index in [0.29, 0.717) is 18.3 Å². The average molecular weight is 411 g/mol. The summed E-state index contributed by atoms with van der Waals surface area (Å²) in [5, 5.41) is 11.7. The number of ketones is 1. The van der Waals surface area contributed by atoms with Gasteiger partial charge in [0, 0.05) is 16.2 Å². The Morgan fingerprint density at radius 3 is 2.60 bits per heavy atom. The molecule has 1 N–H and O–H groups in total. The number of hydrogen-bond donors (Lipinski definition) is 1. The van der Waals surface area contributed by atoms with Crippen LogP contribution in [0.1, 0.15) is 71.8 Å². The van der Waals surface area contributed by atoms with Crippen molar-refractivity contribution < 1.29 is 19.1 Å². The fourth-order valence-corrected chi connectivity index (χ4v) is 9.10. The molecule has 4 aliphatic carbocycles. The standard InChI is InChI=1S/C26H34O4/c1-23(2)18-12-19(27)25(4)16-7-6-15(14-9-11-29-13-14)24(16,3)10-8-17(25)26(18,5)22-20(30-22)21(23)28/h7,9,11,13,15,17-20,22,27H,6,8,10,12H2,1-5H3/t15-,17-,18-,19+,20+,22+,24-,25-,26+/m0/s1. The van der Waals surface area contributed by atoms with Crippen LogP contribution in [0.5, 0.6) is 0 Å². The number of ether oxygens (including phenoxy) is 1. The number of carbonyl (C=O) groups excluding carboxylic acids is 1. The Hall–Kier alpha value is -1.39. The SMILES string of the molecule is CC1(C)C(=O)[C@H]2O[C@H]2[C@@]2(C)[C@H]1C[C@@H](O)[C@@]1(C)C3=CC[C@@H](c4ccoc4)[C@]3(C)CC[C@@H]12. The highest BCUT2D eigenvalue weighted by Gasteiger charge is 2.76. The predicted molar refractivity (Wildman–Crippen MR) is 113 cm³/mol. The third-order valence-corrected chi connectivity index (χ3v) is 10.7. The van der Waals surface area contributed by atoms with Gasteiger partial charge in [0.25, 0.3) is 0 Å². The fourth-order valence-electron chi connectivity index (χ4n) is 9.10. The number of aliphatic hydroxyl groups excluding tert-OH is 1. The molecule has 9 atom stereocenters. The van der Waals surface area contributed by atoms with E-state index in [1.54, 1.807) is 6.26 Å². The number of allylic oxidation sites excluding steroid dienone is 1. The summed E-state index contributed by atoms with van der Waals surface area (Å²) in [5.41, 5.74) is 1.96. The smallest absolute Gasteiger partial charge is 0.170 e. The van der Waals surface area contributed by atoms with Gasteiger partial charge in [-0.15, -0.1) is 0 Å². The zero-order valence-corrected chi connectivity index (χ0v) is 18.8. The minimum atomic E-state index is -0.446. The first-order valence-corrected chi connectivity index (χ1v) is 11.7. The first-order chi connectivity index (χ1) is 14.1. The molecule has 4 heteroatoms. The van der Waals surface area contributed by atoms with E-state index >= 15 is 0 Å². The van der Waals surface area contributed by atoms with Gasteiger partial charge in [-0.3, -0.25) is 4.79 Å². The lowest BCUT2D eigenvalue weighted by molar-refractivity contribution is -0.185. The molecule has 1 aromatic heterocycles.